The molecule has 14 heavy (non-hydrogen) atoms. The van der Waals surface area contributed by atoms with Gasteiger partial charge in [0.2, 0.25) is 11.8 Å². The number of nitrogens with zero attached hydrogens (tertiary/aromatic N) is 1. The number of carbonyl (C=O) groups excluding carboxylic acids is 2. The number of hydrogen-bond donors (Lipinski definition) is 1. The highest BCUT2D eigenvalue weighted by atomic mass is 16.3. The van der Waals surface area contributed by atoms with Crippen molar-refractivity contribution >= 4 is 11.8 Å². The lowest BCUT2D eigenvalue weighted by Crippen LogP contribution is -2.35. The highest BCUT2D eigenvalue weighted by molar-refractivity contribution is 5.97. The van der Waals surface area contributed by atoms with Gasteiger partial charge in [-0.05, 0) is 5.41 Å². The van der Waals surface area contributed by atoms with E-state index >= 15 is 0 Å². The van der Waals surface area contributed by atoms with E-state index in [0.29, 0.717) is 6.42 Å². The van der Waals surface area contributed by atoms with E-state index in [9.17, 15) is 14.7 Å². The molecule has 1 aliphatic heterocycles. The van der Waals surface area contributed by atoms with Crippen molar-refractivity contribution in [1.29, 1.82) is 0 Å². The van der Waals surface area contributed by atoms with Gasteiger partial charge in [-0.15, -0.1) is 0 Å². The predicted molar refractivity (Wildman–Crippen MR) is 51.4 cm³/mol. The van der Waals surface area contributed by atoms with Gasteiger partial charge in [-0.3, -0.25) is 14.5 Å². The van der Waals surface area contributed by atoms with Gasteiger partial charge >= 0.3 is 0 Å². The Hall–Kier alpha value is -0.900. The van der Waals surface area contributed by atoms with Gasteiger partial charge in [-0.1, -0.05) is 20.8 Å². The molecule has 1 fully saturated rings. The second kappa shape index (κ2) is 3.69. The Labute approximate surface area is 83.9 Å². The smallest absolute Gasteiger partial charge is 0.231 e. The standard InChI is InChI=1S/C10H17NO3/c1-10(2,3)5-9(14)11-6-7(12)4-8(11)13/h7,12H,4-6H2,1-3H3. The zero-order valence-corrected chi connectivity index (χ0v) is 8.91. The molecule has 1 heterocycles. The van der Waals surface area contributed by atoms with Gasteiger partial charge in [0.05, 0.1) is 19.1 Å². The molecular formula is C10H17NO3. The highest BCUT2D eigenvalue weighted by Crippen LogP contribution is 2.22. The molecule has 80 valence electrons. The van der Waals surface area contributed by atoms with Gasteiger partial charge in [-0.25, -0.2) is 0 Å². The number of imide groups is 1. The van der Waals surface area contributed by atoms with E-state index in [-0.39, 0.29) is 30.2 Å². The van der Waals surface area contributed by atoms with E-state index in [2.05, 4.69) is 0 Å². The van der Waals surface area contributed by atoms with Crippen molar-refractivity contribution in [3.8, 4) is 0 Å². The second-order valence-electron chi connectivity index (χ2n) is 4.99. The molecule has 2 amide bonds. The first-order chi connectivity index (χ1) is 6.29. The lowest BCUT2D eigenvalue weighted by Gasteiger charge is -2.21. The Morgan fingerprint density at radius 3 is 2.50 bits per heavy atom. The number of amides is 2. The van der Waals surface area contributed by atoms with E-state index in [1.165, 1.54) is 0 Å². The summed E-state index contributed by atoms with van der Waals surface area (Å²) in [6, 6.07) is 0. The second-order valence-corrected chi connectivity index (χ2v) is 4.99. The van der Waals surface area contributed by atoms with Crippen molar-refractivity contribution in [2.24, 2.45) is 5.41 Å². The Kier molecular flexibility index (Phi) is 2.95. The van der Waals surface area contributed by atoms with Crippen molar-refractivity contribution in [3.05, 3.63) is 0 Å². The minimum atomic E-state index is -0.675. The number of hydrogen-bond acceptors (Lipinski definition) is 3. The van der Waals surface area contributed by atoms with Crippen LogP contribution in [0.3, 0.4) is 0 Å². The van der Waals surface area contributed by atoms with Gasteiger partial charge in [-0.2, -0.15) is 0 Å². The number of aliphatic hydroxyl groups is 1. The minimum Gasteiger partial charge on any atom is -0.391 e. The Morgan fingerprint density at radius 1 is 1.57 bits per heavy atom. The molecule has 1 unspecified atom stereocenters. The van der Waals surface area contributed by atoms with Crippen molar-refractivity contribution < 1.29 is 14.7 Å². The van der Waals surface area contributed by atoms with Crippen molar-refractivity contribution in [2.75, 3.05) is 6.54 Å². The summed E-state index contributed by atoms with van der Waals surface area (Å²) in [7, 11) is 0. The van der Waals surface area contributed by atoms with E-state index in [4.69, 9.17) is 0 Å². The number of likely N-dealkylation sites (tertiary alicyclic amines) is 1. The lowest BCUT2D eigenvalue weighted by molar-refractivity contribution is -0.142. The molecular weight excluding hydrogens is 182 g/mol. The minimum absolute atomic E-state index is 0.0792. The third-order valence-electron chi connectivity index (χ3n) is 2.09. The normalized spacial score (nSPS) is 23.0. The van der Waals surface area contributed by atoms with Gasteiger partial charge in [0.1, 0.15) is 0 Å². The Balaban J connectivity index is 2.58. The van der Waals surface area contributed by atoms with Crippen LogP contribution in [0, 0.1) is 5.41 Å². The van der Waals surface area contributed by atoms with Crippen molar-refractivity contribution in [2.45, 2.75) is 39.7 Å². The maximum Gasteiger partial charge on any atom is 0.231 e. The molecule has 4 nitrogen and oxygen atoms in total. The van der Waals surface area contributed by atoms with Crippen molar-refractivity contribution in [3.63, 3.8) is 0 Å². The van der Waals surface area contributed by atoms with Crippen LogP contribution >= 0.6 is 0 Å². The van der Waals surface area contributed by atoms with Gasteiger partial charge in [0.25, 0.3) is 0 Å². The largest absolute Gasteiger partial charge is 0.391 e. The molecule has 1 saturated heterocycles. The van der Waals surface area contributed by atoms with Gasteiger partial charge in [0.15, 0.2) is 0 Å². The monoisotopic (exact) mass is 199 g/mol. The van der Waals surface area contributed by atoms with E-state index < -0.39 is 6.10 Å². The summed E-state index contributed by atoms with van der Waals surface area (Å²) in [6.07, 6.45) is -0.257. The fourth-order valence-electron chi connectivity index (χ4n) is 1.48. The highest BCUT2D eigenvalue weighted by Gasteiger charge is 2.33. The first-order valence-electron chi connectivity index (χ1n) is 4.81. The molecule has 1 rings (SSSR count). The van der Waals surface area contributed by atoms with E-state index in [1.807, 2.05) is 20.8 Å². The first kappa shape index (κ1) is 11.2. The van der Waals surface area contributed by atoms with E-state index in [1.54, 1.807) is 0 Å². The maximum atomic E-state index is 11.6. The summed E-state index contributed by atoms with van der Waals surface area (Å²) in [4.78, 5) is 24.0. The van der Waals surface area contributed by atoms with Gasteiger partial charge in [0, 0.05) is 6.42 Å². The molecule has 0 aromatic heterocycles. The van der Waals surface area contributed by atoms with Gasteiger partial charge < -0.3 is 5.11 Å². The fraction of sp³-hybridized carbons (Fsp3) is 0.800. The molecule has 1 aliphatic rings. The number of rotatable bonds is 1. The van der Waals surface area contributed by atoms with Crippen LogP contribution in [0.25, 0.3) is 0 Å². The number of carbonyl (C=O) groups is 2. The van der Waals surface area contributed by atoms with Crippen LogP contribution in [-0.4, -0.2) is 34.5 Å². The summed E-state index contributed by atoms with van der Waals surface area (Å²) in [6.45, 7) is 6.00. The van der Waals surface area contributed by atoms with Crippen LogP contribution < -0.4 is 0 Å². The summed E-state index contributed by atoms with van der Waals surface area (Å²) in [5.74, 6) is -0.439. The summed E-state index contributed by atoms with van der Waals surface area (Å²) < 4.78 is 0. The van der Waals surface area contributed by atoms with Crippen LogP contribution in [0.1, 0.15) is 33.6 Å². The summed E-state index contributed by atoms with van der Waals surface area (Å²) in [5, 5.41) is 9.20. The Bertz CT molecular complexity index is 255. The first-order valence-corrected chi connectivity index (χ1v) is 4.81. The molecule has 1 N–H and O–H groups in total. The lowest BCUT2D eigenvalue weighted by atomic mass is 9.92. The molecule has 0 aromatic rings. The van der Waals surface area contributed by atoms with Crippen LogP contribution in [-0.2, 0) is 9.59 Å². The summed E-state index contributed by atoms with van der Waals surface area (Å²) in [5.41, 5.74) is -0.120. The molecule has 0 aliphatic carbocycles. The quantitative estimate of drug-likeness (QED) is 0.670. The molecule has 4 heteroatoms. The molecule has 0 bridgehead atoms. The van der Waals surface area contributed by atoms with Crippen LogP contribution in [0.2, 0.25) is 0 Å². The SMILES string of the molecule is CC(C)(C)CC(=O)N1CC(O)CC1=O. The average molecular weight is 199 g/mol. The van der Waals surface area contributed by atoms with E-state index in [0.717, 1.165) is 4.90 Å². The molecule has 1 atom stereocenters. The molecule has 0 radical (unpaired) electrons. The Morgan fingerprint density at radius 2 is 2.14 bits per heavy atom. The average Bonchev–Trinajstić information content (AvgIpc) is 2.26. The molecule has 0 aromatic carbocycles. The zero-order valence-electron chi connectivity index (χ0n) is 8.91. The van der Waals surface area contributed by atoms with Crippen LogP contribution in [0.5, 0.6) is 0 Å². The zero-order chi connectivity index (χ0) is 10.9. The number of aliphatic hydroxyl groups excluding tert-OH is 1. The third-order valence-corrected chi connectivity index (χ3v) is 2.09. The number of β-amino-alcohol motifs (C(OH)–C–C–N with tert-alkyl or cyclic N) is 1. The third kappa shape index (κ3) is 2.80. The van der Waals surface area contributed by atoms with Crippen LogP contribution in [0.4, 0.5) is 0 Å². The topological polar surface area (TPSA) is 57.6 Å². The van der Waals surface area contributed by atoms with Crippen LogP contribution in [0.15, 0.2) is 0 Å². The fourth-order valence-corrected chi connectivity index (χ4v) is 1.48. The summed E-state index contributed by atoms with van der Waals surface area (Å²) >= 11 is 0. The maximum absolute atomic E-state index is 11.6. The van der Waals surface area contributed by atoms with Crippen molar-refractivity contribution in [1.82, 2.24) is 4.90 Å². The molecule has 0 saturated carbocycles. The molecule has 0 spiro atoms. The predicted octanol–water partition coefficient (Wildman–Crippen LogP) is 0.542.